The zero-order valence-corrected chi connectivity index (χ0v) is 9.90. The van der Waals surface area contributed by atoms with Crippen LogP contribution in [0, 0.1) is 0 Å². The van der Waals surface area contributed by atoms with Crippen LogP contribution < -0.4 is 0 Å². The Bertz CT molecular complexity index is 466. The molecule has 4 nitrogen and oxygen atoms in total. The Morgan fingerprint density at radius 2 is 2.18 bits per heavy atom. The summed E-state index contributed by atoms with van der Waals surface area (Å²) >= 11 is 5.88. The van der Waals surface area contributed by atoms with Crippen LogP contribution in [0.1, 0.15) is 22.8 Å². The molecular formula is C12H11ClO4. The standard InChI is InChI=1S/C12H11ClO4/c1-2-17-10(14)7-6-8-4-3-5-9(11(8)13)12(15)16/h3-7H,2H2,1H3,(H,15,16). The summed E-state index contributed by atoms with van der Waals surface area (Å²) in [6, 6.07) is 4.57. The topological polar surface area (TPSA) is 63.6 Å². The van der Waals surface area contributed by atoms with E-state index in [1.807, 2.05) is 0 Å². The summed E-state index contributed by atoms with van der Waals surface area (Å²) < 4.78 is 4.70. The van der Waals surface area contributed by atoms with E-state index in [2.05, 4.69) is 0 Å². The number of carbonyl (C=O) groups excluding carboxylic acids is 1. The monoisotopic (exact) mass is 254 g/mol. The van der Waals surface area contributed by atoms with Crippen LogP contribution in [0.3, 0.4) is 0 Å². The molecule has 0 heterocycles. The number of carboxylic acids is 1. The van der Waals surface area contributed by atoms with Crippen molar-refractivity contribution in [1.29, 1.82) is 0 Å². The smallest absolute Gasteiger partial charge is 0.337 e. The Labute approximate surface area is 103 Å². The number of esters is 1. The molecule has 0 spiro atoms. The lowest BCUT2D eigenvalue weighted by Crippen LogP contribution is -2.00. The fraction of sp³-hybridized carbons (Fsp3) is 0.167. The van der Waals surface area contributed by atoms with Crippen LogP contribution in [0.5, 0.6) is 0 Å². The lowest BCUT2D eigenvalue weighted by molar-refractivity contribution is -0.137. The van der Waals surface area contributed by atoms with Gasteiger partial charge in [-0.05, 0) is 24.6 Å². The molecule has 1 N–H and O–H groups in total. The van der Waals surface area contributed by atoms with E-state index >= 15 is 0 Å². The number of rotatable bonds is 4. The Balaban J connectivity index is 2.96. The molecule has 0 aliphatic heterocycles. The molecule has 0 fully saturated rings. The Morgan fingerprint density at radius 3 is 2.76 bits per heavy atom. The lowest BCUT2D eigenvalue weighted by atomic mass is 10.1. The van der Waals surface area contributed by atoms with Gasteiger partial charge in [-0.15, -0.1) is 0 Å². The SMILES string of the molecule is CCOC(=O)C=Cc1cccc(C(=O)O)c1Cl. The van der Waals surface area contributed by atoms with Gasteiger partial charge in [0.2, 0.25) is 0 Å². The third-order valence-corrected chi connectivity index (χ3v) is 2.37. The second-order valence-electron chi connectivity index (χ2n) is 3.10. The minimum atomic E-state index is -1.11. The Hall–Kier alpha value is -1.81. The molecule has 5 heteroatoms. The number of carboxylic acid groups (broad SMARTS) is 1. The fourth-order valence-electron chi connectivity index (χ4n) is 1.19. The van der Waals surface area contributed by atoms with E-state index in [4.69, 9.17) is 21.4 Å². The average Bonchev–Trinajstić information content (AvgIpc) is 2.27. The van der Waals surface area contributed by atoms with Crippen LogP contribution in [-0.2, 0) is 9.53 Å². The molecule has 0 aromatic heterocycles. The van der Waals surface area contributed by atoms with Crippen molar-refractivity contribution in [3.05, 3.63) is 40.4 Å². The number of carbonyl (C=O) groups is 2. The fourth-order valence-corrected chi connectivity index (χ4v) is 1.46. The number of aromatic carboxylic acids is 1. The van der Waals surface area contributed by atoms with Crippen molar-refractivity contribution >= 4 is 29.6 Å². The zero-order chi connectivity index (χ0) is 12.8. The largest absolute Gasteiger partial charge is 0.478 e. The summed E-state index contributed by atoms with van der Waals surface area (Å²) in [5, 5.41) is 8.95. The van der Waals surface area contributed by atoms with Crippen molar-refractivity contribution in [2.45, 2.75) is 6.92 Å². The van der Waals surface area contributed by atoms with Gasteiger partial charge in [0.25, 0.3) is 0 Å². The van der Waals surface area contributed by atoms with E-state index < -0.39 is 11.9 Å². The number of hydrogen-bond donors (Lipinski definition) is 1. The molecule has 0 bridgehead atoms. The maximum absolute atomic E-state index is 11.1. The van der Waals surface area contributed by atoms with Crippen LogP contribution in [0.2, 0.25) is 5.02 Å². The second kappa shape index (κ2) is 6.06. The predicted molar refractivity (Wildman–Crippen MR) is 64.1 cm³/mol. The molecule has 1 rings (SSSR count). The second-order valence-corrected chi connectivity index (χ2v) is 3.48. The molecule has 0 aliphatic carbocycles. The van der Waals surface area contributed by atoms with Gasteiger partial charge < -0.3 is 9.84 Å². The van der Waals surface area contributed by atoms with Gasteiger partial charge in [-0.3, -0.25) is 0 Å². The van der Waals surface area contributed by atoms with Crippen molar-refractivity contribution < 1.29 is 19.4 Å². The first kappa shape index (κ1) is 13.3. The van der Waals surface area contributed by atoms with Gasteiger partial charge in [-0.25, -0.2) is 9.59 Å². The first-order valence-corrected chi connectivity index (χ1v) is 5.30. The van der Waals surface area contributed by atoms with E-state index in [9.17, 15) is 9.59 Å². The first-order valence-electron chi connectivity index (χ1n) is 4.93. The maximum atomic E-state index is 11.1. The number of hydrogen-bond acceptors (Lipinski definition) is 3. The molecule has 0 atom stereocenters. The third-order valence-electron chi connectivity index (χ3n) is 1.94. The van der Waals surface area contributed by atoms with Gasteiger partial charge >= 0.3 is 11.9 Å². The minimum Gasteiger partial charge on any atom is -0.478 e. The molecule has 1 aromatic rings. The molecule has 0 amide bonds. The van der Waals surface area contributed by atoms with Crippen molar-refractivity contribution in [1.82, 2.24) is 0 Å². The molecule has 17 heavy (non-hydrogen) atoms. The quantitative estimate of drug-likeness (QED) is 0.663. The molecule has 0 saturated carbocycles. The van der Waals surface area contributed by atoms with Gasteiger partial charge in [0.05, 0.1) is 17.2 Å². The van der Waals surface area contributed by atoms with E-state index in [-0.39, 0.29) is 17.2 Å². The number of ether oxygens (including phenoxy) is 1. The van der Waals surface area contributed by atoms with Gasteiger partial charge in [-0.2, -0.15) is 0 Å². The molecule has 0 aliphatic rings. The summed E-state index contributed by atoms with van der Waals surface area (Å²) in [6.07, 6.45) is 2.63. The van der Waals surface area contributed by atoms with Crippen molar-refractivity contribution in [3.63, 3.8) is 0 Å². The summed E-state index contributed by atoms with van der Waals surface area (Å²) in [6.45, 7) is 1.98. The summed E-state index contributed by atoms with van der Waals surface area (Å²) in [4.78, 5) is 21.9. The molecule has 90 valence electrons. The minimum absolute atomic E-state index is 0.00215. The average molecular weight is 255 g/mol. The van der Waals surface area contributed by atoms with Crippen LogP contribution in [0.25, 0.3) is 6.08 Å². The first-order chi connectivity index (χ1) is 8.06. The van der Waals surface area contributed by atoms with E-state index in [1.165, 1.54) is 18.2 Å². The predicted octanol–water partition coefficient (Wildman–Crippen LogP) is 2.61. The normalized spacial score (nSPS) is 10.5. The summed E-state index contributed by atoms with van der Waals surface area (Å²) in [7, 11) is 0. The van der Waals surface area contributed by atoms with Crippen LogP contribution in [0.4, 0.5) is 0 Å². The Kier molecular flexibility index (Phi) is 4.72. The number of halogens is 1. The Morgan fingerprint density at radius 1 is 1.47 bits per heavy atom. The highest BCUT2D eigenvalue weighted by Crippen LogP contribution is 2.22. The van der Waals surface area contributed by atoms with Crippen LogP contribution >= 0.6 is 11.6 Å². The molecule has 0 unspecified atom stereocenters. The molecule has 0 radical (unpaired) electrons. The van der Waals surface area contributed by atoms with Crippen molar-refractivity contribution in [2.24, 2.45) is 0 Å². The van der Waals surface area contributed by atoms with Crippen molar-refractivity contribution in [2.75, 3.05) is 6.61 Å². The van der Waals surface area contributed by atoms with E-state index in [1.54, 1.807) is 19.1 Å². The molecule has 1 aromatic carbocycles. The third kappa shape index (κ3) is 3.60. The number of benzene rings is 1. The van der Waals surface area contributed by atoms with E-state index in [0.29, 0.717) is 5.56 Å². The highest BCUT2D eigenvalue weighted by atomic mass is 35.5. The highest BCUT2D eigenvalue weighted by molar-refractivity contribution is 6.35. The lowest BCUT2D eigenvalue weighted by Gasteiger charge is -2.02. The van der Waals surface area contributed by atoms with Gasteiger partial charge in [-0.1, -0.05) is 23.7 Å². The zero-order valence-electron chi connectivity index (χ0n) is 9.14. The van der Waals surface area contributed by atoms with Crippen LogP contribution in [0.15, 0.2) is 24.3 Å². The van der Waals surface area contributed by atoms with Gasteiger partial charge in [0, 0.05) is 6.08 Å². The highest BCUT2D eigenvalue weighted by Gasteiger charge is 2.10. The van der Waals surface area contributed by atoms with Crippen molar-refractivity contribution in [3.8, 4) is 0 Å². The van der Waals surface area contributed by atoms with E-state index in [0.717, 1.165) is 0 Å². The summed E-state index contributed by atoms with van der Waals surface area (Å²) in [5.74, 6) is -1.61. The van der Waals surface area contributed by atoms with Crippen LogP contribution in [-0.4, -0.2) is 23.7 Å². The molecule has 0 saturated heterocycles. The van der Waals surface area contributed by atoms with Gasteiger partial charge in [0.1, 0.15) is 0 Å². The maximum Gasteiger partial charge on any atom is 0.337 e. The van der Waals surface area contributed by atoms with Gasteiger partial charge in [0.15, 0.2) is 0 Å². The molecular weight excluding hydrogens is 244 g/mol. The summed E-state index contributed by atoms with van der Waals surface area (Å²) in [5.41, 5.74) is 0.456.